The molecule has 1 aliphatic rings. The van der Waals surface area contributed by atoms with Gasteiger partial charge in [-0.05, 0) is 18.6 Å². The van der Waals surface area contributed by atoms with Gasteiger partial charge in [-0.3, -0.25) is 4.57 Å². The molecule has 0 radical (unpaired) electrons. The van der Waals surface area contributed by atoms with E-state index >= 15 is 0 Å². The van der Waals surface area contributed by atoms with Gasteiger partial charge < -0.3 is 10.5 Å². The summed E-state index contributed by atoms with van der Waals surface area (Å²) < 4.78 is 30.5. The predicted octanol–water partition coefficient (Wildman–Crippen LogP) is 3.74. The van der Waals surface area contributed by atoms with Crippen LogP contribution in [0, 0.1) is 5.92 Å². The van der Waals surface area contributed by atoms with Crippen LogP contribution in [-0.4, -0.2) is 32.2 Å². The van der Waals surface area contributed by atoms with Gasteiger partial charge in [0.05, 0.1) is 12.4 Å². The number of nitrogen functional groups attached to an aromatic ring is 1. The summed E-state index contributed by atoms with van der Waals surface area (Å²) in [5.41, 5.74) is 6.67. The molecule has 0 saturated carbocycles. The lowest BCUT2D eigenvalue weighted by Gasteiger charge is -2.17. The largest absolute Gasteiger partial charge is 0.750 e. The molecule has 3 aromatic rings. The number of nitrogens with two attached hydrogens (primary N) is 1. The van der Waals surface area contributed by atoms with Crippen molar-refractivity contribution in [2.24, 2.45) is 5.92 Å². The molecule has 3 heterocycles. The zero-order valence-electron chi connectivity index (χ0n) is 14.9. The number of nitrogens with zero attached hydrogens (tertiary/aromatic N) is 4. The molecule has 1 aliphatic heterocycles. The molecule has 0 bridgehead atoms. The smallest absolute Gasteiger partial charge is 0.368 e. The van der Waals surface area contributed by atoms with Crippen LogP contribution in [0.15, 0.2) is 36.7 Å². The van der Waals surface area contributed by atoms with E-state index in [4.69, 9.17) is 31.1 Å². The summed E-state index contributed by atoms with van der Waals surface area (Å²) in [6, 6.07) is 8.86. The van der Waals surface area contributed by atoms with Gasteiger partial charge in [0, 0.05) is 10.5 Å². The zero-order valence-corrected chi connectivity index (χ0v) is 16.6. The summed E-state index contributed by atoms with van der Waals surface area (Å²) in [5, 5.41) is 0.196. The van der Waals surface area contributed by atoms with Gasteiger partial charge in [0.15, 0.2) is 16.5 Å². The molecular formula is C17H18ClN5O4P+. The number of para-hydroxylation sites is 1. The number of anilines is 1. The lowest BCUT2D eigenvalue weighted by molar-refractivity contribution is -0.0253. The van der Waals surface area contributed by atoms with Gasteiger partial charge in [0.2, 0.25) is 5.95 Å². The molecule has 0 aliphatic carbocycles. The molecular weight excluding hydrogens is 405 g/mol. The van der Waals surface area contributed by atoms with Gasteiger partial charge in [-0.25, -0.2) is 9.51 Å². The first-order valence-electron chi connectivity index (χ1n) is 8.65. The van der Waals surface area contributed by atoms with Crippen LogP contribution in [0.2, 0.25) is 5.15 Å². The van der Waals surface area contributed by atoms with Crippen molar-refractivity contribution in [3.05, 3.63) is 41.8 Å². The number of imidazole rings is 1. The van der Waals surface area contributed by atoms with E-state index in [2.05, 4.69) is 15.0 Å². The number of aromatic nitrogens is 4. The second-order valence-corrected chi connectivity index (χ2v) is 7.73. The first-order chi connectivity index (χ1) is 13.5. The van der Waals surface area contributed by atoms with Crippen LogP contribution in [0.3, 0.4) is 0 Å². The maximum atomic E-state index is 12.0. The van der Waals surface area contributed by atoms with Crippen LogP contribution < -0.4 is 10.3 Å². The van der Waals surface area contributed by atoms with Crippen molar-refractivity contribution in [3.8, 4) is 5.75 Å². The van der Waals surface area contributed by atoms with Gasteiger partial charge in [0.1, 0.15) is 18.4 Å². The van der Waals surface area contributed by atoms with Crippen LogP contribution in [-0.2, 0) is 13.8 Å². The summed E-state index contributed by atoms with van der Waals surface area (Å²) >= 11 is 6.08. The Balaban J connectivity index is 1.40. The molecule has 9 nitrogen and oxygen atoms in total. The second-order valence-electron chi connectivity index (χ2n) is 6.48. The van der Waals surface area contributed by atoms with E-state index in [1.54, 1.807) is 35.2 Å². The normalized spacial score (nSPS) is 22.5. The van der Waals surface area contributed by atoms with E-state index in [1.165, 1.54) is 0 Å². The minimum Gasteiger partial charge on any atom is -0.368 e. The Hall–Kier alpha value is -2.32. The van der Waals surface area contributed by atoms with E-state index in [0.29, 0.717) is 23.3 Å². The van der Waals surface area contributed by atoms with Gasteiger partial charge >= 0.3 is 8.25 Å². The molecule has 4 unspecified atom stereocenters. The Morgan fingerprint density at radius 1 is 1.36 bits per heavy atom. The quantitative estimate of drug-likeness (QED) is 0.472. The maximum absolute atomic E-state index is 12.0. The van der Waals surface area contributed by atoms with Gasteiger partial charge in [0.25, 0.3) is 0 Å². The molecule has 11 heteroatoms. The van der Waals surface area contributed by atoms with Crippen LogP contribution in [0.1, 0.15) is 19.6 Å². The number of ether oxygens (including phenoxy) is 1. The van der Waals surface area contributed by atoms with E-state index in [-0.39, 0.29) is 36.0 Å². The third-order valence-corrected chi connectivity index (χ3v) is 5.40. The topological polar surface area (TPSA) is 114 Å². The third-order valence-electron chi connectivity index (χ3n) is 4.41. The molecule has 1 aromatic carbocycles. The third kappa shape index (κ3) is 3.93. The van der Waals surface area contributed by atoms with Crippen molar-refractivity contribution < 1.29 is 18.3 Å². The highest BCUT2D eigenvalue weighted by molar-refractivity contribution is 7.33. The van der Waals surface area contributed by atoms with Crippen molar-refractivity contribution in [1.82, 2.24) is 19.5 Å². The molecule has 1 fully saturated rings. The highest BCUT2D eigenvalue weighted by Crippen LogP contribution is 2.38. The molecule has 28 heavy (non-hydrogen) atoms. The summed E-state index contributed by atoms with van der Waals surface area (Å²) in [7, 11) is -2.29. The Bertz CT molecular complexity index is 1000. The fraction of sp³-hybridized carbons (Fsp3) is 0.353. The molecule has 146 valence electrons. The van der Waals surface area contributed by atoms with Crippen LogP contribution >= 0.6 is 19.9 Å². The van der Waals surface area contributed by atoms with Gasteiger partial charge in [-0.15, -0.1) is 4.52 Å². The molecule has 2 aromatic heterocycles. The Labute approximate surface area is 166 Å². The number of halogens is 1. The van der Waals surface area contributed by atoms with E-state index in [0.717, 1.165) is 0 Å². The number of hydrogen-bond donors (Lipinski definition) is 1. The number of fused-ring (bicyclic) bond motifs is 1. The highest BCUT2D eigenvalue weighted by Gasteiger charge is 2.37. The Morgan fingerprint density at radius 2 is 2.14 bits per heavy atom. The molecule has 0 spiro atoms. The lowest BCUT2D eigenvalue weighted by atomic mass is 10.1. The summed E-state index contributed by atoms with van der Waals surface area (Å²) in [6.07, 6.45) is 1.75. The molecule has 2 N–H and O–H groups in total. The monoisotopic (exact) mass is 422 g/mol. The predicted molar refractivity (Wildman–Crippen MR) is 103 cm³/mol. The van der Waals surface area contributed by atoms with Crippen LogP contribution in [0.4, 0.5) is 5.95 Å². The minimum atomic E-state index is -2.29. The van der Waals surface area contributed by atoms with Crippen molar-refractivity contribution >= 4 is 37.0 Å². The average Bonchev–Trinajstić information content (AvgIpc) is 3.24. The molecule has 4 atom stereocenters. The second kappa shape index (κ2) is 7.97. The number of benzene rings is 1. The minimum absolute atomic E-state index is 0.0693. The van der Waals surface area contributed by atoms with Gasteiger partial charge in [-0.1, -0.05) is 36.7 Å². The van der Waals surface area contributed by atoms with Crippen molar-refractivity contribution in [1.29, 1.82) is 0 Å². The van der Waals surface area contributed by atoms with Crippen LogP contribution in [0.25, 0.3) is 11.2 Å². The molecule has 4 rings (SSSR count). The summed E-state index contributed by atoms with van der Waals surface area (Å²) in [6.45, 7) is 2.19. The number of hydrogen-bond acceptors (Lipinski definition) is 8. The highest BCUT2D eigenvalue weighted by atomic mass is 35.5. The standard InChI is InChI=1S/C17H18ClN5O4P/c1-10-7-12(8-25-28(24)27-11-5-3-2-4-6-11)26-16(10)23-9-20-13-14(18)21-17(19)22-15(13)23/h2-6,9-10,12,16H,7-8H2,1H3,(H2,19,21,22)/q+1. The zero-order chi connectivity index (χ0) is 19.7. The van der Waals surface area contributed by atoms with Crippen molar-refractivity contribution in [2.45, 2.75) is 25.7 Å². The molecule has 0 amide bonds. The fourth-order valence-electron chi connectivity index (χ4n) is 3.19. The van der Waals surface area contributed by atoms with Crippen molar-refractivity contribution in [3.63, 3.8) is 0 Å². The molecule has 1 saturated heterocycles. The number of rotatable bonds is 6. The van der Waals surface area contributed by atoms with Crippen molar-refractivity contribution in [2.75, 3.05) is 12.3 Å². The first kappa shape index (κ1) is 19.0. The first-order valence-corrected chi connectivity index (χ1v) is 10.1. The SMILES string of the molecule is CC1CC(CO[P+](=O)Oc2ccccc2)OC1n1cnc2c(Cl)nc(N)nc21. The fourth-order valence-corrected chi connectivity index (χ4v) is 4.04. The van der Waals surface area contributed by atoms with Gasteiger partial charge in [-0.2, -0.15) is 9.97 Å². The van der Waals surface area contributed by atoms with E-state index in [1.807, 2.05) is 13.0 Å². The summed E-state index contributed by atoms with van der Waals surface area (Å²) in [5.74, 6) is 0.704. The Kier molecular flexibility index (Phi) is 5.41. The van der Waals surface area contributed by atoms with E-state index in [9.17, 15) is 4.57 Å². The summed E-state index contributed by atoms with van der Waals surface area (Å²) in [4.78, 5) is 12.4. The maximum Gasteiger partial charge on any atom is 0.750 e. The van der Waals surface area contributed by atoms with Crippen LogP contribution in [0.5, 0.6) is 5.75 Å². The van der Waals surface area contributed by atoms with E-state index < -0.39 is 8.25 Å². The Morgan fingerprint density at radius 3 is 2.93 bits per heavy atom. The lowest BCUT2D eigenvalue weighted by Crippen LogP contribution is -2.16. The average molecular weight is 423 g/mol.